The van der Waals surface area contributed by atoms with Crippen molar-refractivity contribution in [1.82, 2.24) is 4.98 Å². The number of hydrogen-bond acceptors (Lipinski definition) is 4. The summed E-state index contributed by atoms with van der Waals surface area (Å²) in [5.74, 6) is 0.494. The van der Waals surface area contributed by atoms with Crippen LogP contribution in [-0.2, 0) is 4.74 Å². The molecule has 1 heterocycles. The summed E-state index contributed by atoms with van der Waals surface area (Å²) in [5, 5.41) is 0. The Labute approximate surface area is 101 Å². The first-order valence-electron chi connectivity index (χ1n) is 6.15. The van der Waals surface area contributed by atoms with Gasteiger partial charge in [0, 0.05) is 0 Å². The topological polar surface area (TPSA) is 65.2 Å². The first-order chi connectivity index (χ1) is 8.25. The molecule has 1 fully saturated rings. The van der Waals surface area contributed by atoms with Crippen LogP contribution in [0.1, 0.15) is 42.6 Å². The van der Waals surface area contributed by atoms with Gasteiger partial charge in [-0.2, -0.15) is 0 Å². The Morgan fingerprint density at radius 2 is 2.12 bits per heavy atom. The van der Waals surface area contributed by atoms with Crippen molar-refractivity contribution in [2.45, 2.75) is 32.1 Å². The standard InChI is InChI=1S/C13H18N2O2/c14-12-8-4-7-11(15-12)13(16)17-9-10-5-2-1-3-6-10/h4,7-8,10H,1-3,5-6,9H2,(H2,14,15). The Morgan fingerprint density at radius 1 is 1.35 bits per heavy atom. The summed E-state index contributed by atoms with van der Waals surface area (Å²) in [6.07, 6.45) is 6.13. The number of esters is 1. The third-order valence-corrected chi connectivity index (χ3v) is 3.15. The van der Waals surface area contributed by atoms with Gasteiger partial charge in [0.25, 0.3) is 0 Å². The van der Waals surface area contributed by atoms with E-state index < -0.39 is 0 Å². The van der Waals surface area contributed by atoms with E-state index >= 15 is 0 Å². The third kappa shape index (κ3) is 3.44. The summed E-state index contributed by atoms with van der Waals surface area (Å²) in [4.78, 5) is 15.6. The molecule has 0 amide bonds. The number of carbonyl (C=O) groups is 1. The Kier molecular flexibility index (Phi) is 3.96. The molecule has 0 saturated heterocycles. The van der Waals surface area contributed by atoms with E-state index in [-0.39, 0.29) is 5.97 Å². The van der Waals surface area contributed by atoms with Crippen LogP contribution in [0, 0.1) is 5.92 Å². The van der Waals surface area contributed by atoms with Crippen LogP contribution in [0.3, 0.4) is 0 Å². The van der Waals surface area contributed by atoms with E-state index in [1.165, 1.54) is 19.3 Å². The van der Waals surface area contributed by atoms with E-state index in [0.29, 0.717) is 24.0 Å². The third-order valence-electron chi connectivity index (χ3n) is 3.15. The molecule has 17 heavy (non-hydrogen) atoms. The number of rotatable bonds is 3. The fourth-order valence-corrected chi connectivity index (χ4v) is 2.19. The van der Waals surface area contributed by atoms with Crippen molar-refractivity contribution in [3.05, 3.63) is 23.9 Å². The largest absolute Gasteiger partial charge is 0.461 e. The summed E-state index contributed by atoms with van der Waals surface area (Å²) in [6.45, 7) is 0.509. The minimum absolute atomic E-state index is 0.292. The maximum Gasteiger partial charge on any atom is 0.357 e. The fourth-order valence-electron chi connectivity index (χ4n) is 2.19. The van der Waals surface area contributed by atoms with Gasteiger partial charge in [-0.1, -0.05) is 25.3 Å². The molecule has 0 unspecified atom stereocenters. The van der Waals surface area contributed by atoms with Gasteiger partial charge >= 0.3 is 5.97 Å². The van der Waals surface area contributed by atoms with Crippen LogP contribution in [0.15, 0.2) is 18.2 Å². The Hall–Kier alpha value is -1.58. The Balaban J connectivity index is 1.84. The highest BCUT2D eigenvalue weighted by molar-refractivity contribution is 5.87. The van der Waals surface area contributed by atoms with Crippen molar-refractivity contribution in [3.8, 4) is 0 Å². The second-order valence-electron chi connectivity index (χ2n) is 4.55. The SMILES string of the molecule is Nc1cccc(C(=O)OCC2CCCCC2)n1. The highest BCUT2D eigenvalue weighted by Gasteiger charge is 2.16. The van der Waals surface area contributed by atoms with Crippen LogP contribution in [-0.4, -0.2) is 17.6 Å². The lowest BCUT2D eigenvalue weighted by Gasteiger charge is -2.20. The maximum absolute atomic E-state index is 11.7. The van der Waals surface area contributed by atoms with E-state index in [4.69, 9.17) is 10.5 Å². The predicted octanol–water partition coefficient (Wildman–Crippen LogP) is 2.40. The normalized spacial score (nSPS) is 16.7. The van der Waals surface area contributed by atoms with E-state index in [2.05, 4.69) is 4.98 Å². The molecule has 0 aliphatic heterocycles. The molecule has 1 aromatic heterocycles. The molecule has 92 valence electrons. The van der Waals surface area contributed by atoms with Crippen LogP contribution >= 0.6 is 0 Å². The lowest BCUT2D eigenvalue weighted by molar-refractivity contribution is 0.0403. The van der Waals surface area contributed by atoms with E-state index in [1.54, 1.807) is 18.2 Å². The van der Waals surface area contributed by atoms with Crippen molar-refractivity contribution in [2.24, 2.45) is 5.92 Å². The van der Waals surface area contributed by atoms with Gasteiger partial charge in [0.15, 0.2) is 5.69 Å². The number of ether oxygens (including phenoxy) is 1. The Bertz CT molecular complexity index is 387. The molecule has 0 bridgehead atoms. The quantitative estimate of drug-likeness (QED) is 0.815. The molecule has 4 heteroatoms. The minimum Gasteiger partial charge on any atom is -0.461 e. The van der Waals surface area contributed by atoms with Crippen LogP contribution in [0.5, 0.6) is 0 Å². The zero-order valence-corrected chi connectivity index (χ0v) is 9.89. The van der Waals surface area contributed by atoms with Gasteiger partial charge in [-0.3, -0.25) is 0 Å². The molecule has 0 atom stereocenters. The highest BCUT2D eigenvalue weighted by atomic mass is 16.5. The number of aromatic nitrogens is 1. The number of hydrogen-bond donors (Lipinski definition) is 1. The summed E-state index contributed by atoms with van der Waals surface area (Å²) in [6, 6.07) is 4.98. The number of pyridine rings is 1. The Morgan fingerprint density at radius 3 is 2.82 bits per heavy atom. The molecule has 1 aromatic rings. The van der Waals surface area contributed by atoms with Gasteiger partial charge in [-0.25, -0.2) is 9.78 Å². The average molecular weight is 234 g/mol. The van der Waals surface area contributed by atoms with E-state index in [0.717, 1.165) is 12.8 Å². The van der Waals surface area contributed by atoms with Crippen molar-refractivity contribution >= 4 is 11.8 Å². The van der Waals surface area contributed by atoms with Gasteiger partial charge in [0.05, 0.1) is 6.61 Å². The predicted molar refractivity (Wildman–Crippen MR) is 65.5 cm³/mol. The first-order valence-corrected chi connectivity index (χ1v) is 6.15. The summed E-state index contributed by atoms with van der Waals surface area (Å²) < 4.78 is 5.27. The molecular formula is C13H18N2O2. The molecule has 2 N–H and O–H groups in total. The van der Waals surface area contributed by atoms with Crippen molar-refractivity contribution in [1.29, 1.82) is 0 Å². The second kappa shape index (κ2) is 5.66. The monoisotopic (exact) mass is 234 g/mol. The van der Waals surface area contributed by atoms with Gasteiger partial charge in [0.1, 0.15) is 5.82 Å². The van der Waals surface area contributed by atoms with Crippen molar-refractivity contribution < 1.29 is 9.53 Å². The number of carbonyl (C=O) groups excluding carboxylic acids is 1. The van der Waals surface area contributed by atoms with Gasteiger partial charge in [-0.15, -0.1) is 0 Å². The number of nitrogen functional groups attached to an aromatic ring is 1. The van der Waals surface area contributed by atoms with Crippen molar-refractivity contribution in [2.75, 3.05) is 12.3 Å². The molecule has 4 nitrogen and oxygen atoms in total. The van der Waals surface area contributed by atoms with E-state index in [1.807, 2.05) is 0 Å². The summed E-state index contributed by atoms with van der Waals surface area (Å²) in [5.41, 5.74) is 5.81. The molecule has 1 aliphatic rings. The molecule has 0 aromatic carbocycles. The lowest BCUT2D eigenvalue weighted by atomic mass is 9.90. The highest BCUT2D eigenvalue weighted by Crippen LogP contribution is 2.23. The van der Waals surface area contributed by atoms with Gasteiger partial charge in [0.2, 0.25) is 0 Å². The van der Waals surface area contributed by atoms with Gasteiger partial charge < -0.3 is 10.5 Å². The van der Waals surface area contributed by atoms with Gasteiger partial charge in [-0.05, 0) is 30.9 Å². The van der Waals surface area contributed by atoms with E-state index in [9.17, 15) is 4.79 Å². The molecule has 0 spiro atoms. The van der Waals surface area contributed by atoms with Crippen LogP contribution < -0.4 is 5.73 Å². The molecule has 0 radical (unpaired) electrons. The molecule has 2 rings (SSSR count). The molecular weight excluding hydrogens is 216 g/mol. The maximum atomic E-state index is 11.7. The zero-order chi connectivity index (χ0) is 12.1. The fraction of sp³-hybridized carbons (Fsp3) is 0.538. The molecule has 1 aliphatic carbocycles. The van der Waals surface area contributed by atoms with Crippen LogP contribution in [0.25, 0.3) is 0 Å². The number of anilines is 1. The number of nitrogens with zero attached hydrogens (tertiary/aromatic N) is 1. The average Bonchev–Trinajstić information content (AvgIpc) is 2.37. The number of nitrogens with two attached hydrogens (primary N) is 1. The second-order valence-corrected chi connectivity index (χ2v) is 4.55. The smallest absolute Gasteiger partial charge is 0.357 e. The van der Waals surface area contributed by atoms with Crippen LogP contribution in [0.2, 0.25) is 0 Å². The zero-order valence-electron chi connectivity index (χ0n) is 9.89. The summed E-state index contributed by atoms with van der Waals surface area (Å²) in [7, 11) is 0. The van der Waals surface area contributed by atoms with Crippen LogP contribution in [0.4, 0.5) is 5.82 Å². The minimum atomic E-state index is -0.372. The lowest BCUT2D eigenvalue weighted by Crippen LogP contribution is -2.17. The summed E-state index contributed by atoms with van der Waals surface area (Å²) >= 11 is 0. The molecule has 1 saturated carbocycles. The first kappa shape index (κ1) is 11.9. The van der Waals surface area contributed by atoms with Crippen molar-refractivity contribution in [3.63, 3.8) is 0 Å².